The highest BCUT2D eigenvalue weighted by Gasteiger charge is 2.17. The number of aryl methyl sites for hydroxylation is 2. The summed E-state index contributed by atoms with van der Waals surface area (Å²) in [6, 6.07) is 9.54. The van der Waals surface area contributed by atoms with Crippen LogP contribution in [0, 0.1) is 24.0 Å². The van der Waals surface area contributed by atoms with Gasteiger partial charge in [0.05, 0.1) is 0 Å². The highest BCUT2D eigenvalue weighted by Crippen LogP contribution is 2.37. The molecule has 5 nitrogen and oxygen atoms in total. The van der Waals surface area contributed by atoms with E-state index in [1.165, 1.54) is 22.6 Å². The molecule has 31 heavy (non-hydrogen) atoms. The number of benzene rings is 2. The SMILES string of the molecule is C#CC(=O)N(C)c1ccc(Oc2ccc(F)cc2F)c(-c2cc(CC)c(=O)n(C)c2)c1. The van der Waals surface area contributed by atoms with Gasteiger partial charge >= 0.3 is 5.91 Å². The smallest absolute Gasteiger partial charge is 0.302 e. The lowest BCUT2D eigenvalue weighted by atomic mass is 10.0. The second kappa shape index (κ2) is 8.84. The van der Waals surface area contributed by atoms with Gasteiger partial charge in [-0.15, -0.1) is 6.42 Å². The number of rotatable bonds is 5. The number of aromatic nitrogens is 1. The first-order chi connectivity index (χ1) is 14.7. The van der Waals surface area contributed by atoms with Crippen molar-refractivity contribution in [2.45, 2.75) is 13.3 Å². The molecular formula is C24H20F2N2O3. The van der Waals surface area contributed by atoms with Gasteiger partial charge < -0.3 is 14.2 Å². The molecule has 0 aliphatic heterocycles. The minimum Gasteiger partial charge on any atom is -0.454 e. The maximum atomic E-state index is 14.2. The van der Waals surface area contributed by atoms with Crippen LogP contribution in [0.3, 0.4) is 0 Å². The predicted octanol–water partition coefficient (Wildman–Crippen LogP) is 4.28. The van der Waals surface area contributed by atoms with E-state index >= 15 is 0 Å². The van der Waals surface area contributed by atoms with Gasteiger partial charge in [0.1, 0.15) is 11.6 Å². The summed E-state index contributed by atoms with van der Waals surface area (Å²) in [5.41, 5.74) is 2.06. The van der Waals surface area contributed by atoms with Crippen LogP contribution < -0.4 is 15.2 Å². The van der Waals surface area contributed by atoms with Gasteiger partial charge in [0.25, 0.3) is 5.56 Å². The lowest BCUT2D eigenvalue weighted by Crippen LogP contribution is -2.24. The van der Waals surface area contributed by atoms with Crippen molar-refractivity contribution in [1.82, 2.24) is 4.57 Å². The van der Waals surface area contributed by atoms with Gasteiger partial charge in [-0.2, -0.15) is 0 Å². The Balaban J connectivity index is 2.19. The van der Waals surface area contributed by atoms with Crippen LogP contribution >= 0.6 is 0 Å². The fourth-order valence-electron chi connectivity index (χ4n) is 3.11. The van der Waals surface area contributed by atoms with Crippen LogP contribution in [0.15, 0.2) is 53.5 Å². The van der Waals surface area contributed by atoms with Crippen molar-refractivity contribution >= 4 is 11.6 Å². The monoisotopic (exact) mass is 422 g/mol. The summed E-state index contributed by atoms with van der Waals surface area (Å²) < 4.78 is 34.6. The zero-order chi connectivity index (χ0) is 22.7. The van der Waals surface area contributed by atoms with Gasteiger partial charge in [-0.1, -0.05) is 6.92 Å². The second-order valence-corrected chi connectivity index (χ2v) is 6.89. The predicted molar refractivity (Wildman–Crippen MR) is 115 cm³/mol. The molecule has 1 aromatic heterocycles. The molecule has 7 heteroatoms. The van der Waals surface area contributed by atoms with Crippen LogP contribution in [0.5, 0.6) is 11.5 Å². The molecule has 2 aromatic carbocycles. The summed E-state index contributed by atoms with van der Waals surface area (Å²) in [4.78, 5) is 25.5. The van der Waals surface area contributed by atoms with Crippen molar-refractivity contribution in [3.8, 4) is 35.0 Å². The van der Waals surface area contributed by atoms with Crippen molar-refractivity contribution < 1.29 is 18.3 Å². The molecule has 0 N–H and O–H groups in total. The summed E-state index contributed by atoms with van der Waals surface area (Å²) in [5, 5.41) is 0. The van der Waals surface area contributed by atoms with Crippen LogP contribution in [0.25, 0.3) is 11.1 Å². The fourth-order valence-corrected chi connectivity index (χ4v) is 3.11. The average molecular weight is 422 g/mol. The van der Waals surface area contributed by atoms with E-state index in [1.807, 2.05) is 12.8 Å². The van der Waals surface area contributed by atoms with Crippen LogP contribution in [0.1, 0.15) is 12.5 Å². The number of hydrogen-bond acceptors (Lipinski definition) is 3. The van der Waals surface area contributed by atoms with E-state index < -0.39 is 17.5 Å². The first-order valence-corrected chi connectivity index (χ1v) is 9.46. The lowest BCUT2D eigenvalue weighted by Gasteiger charge is -2.19. The number of pyridine rings is 1. The number of ether oxygens (including phenoxy) is 1. The van der Waals surface area contributed by atoms with Crippen molar-refractivity contribution in [1.29, 1.82) is 0 Å². The van der Waals surface area contributed by atoms with Crippen molar-refractivity contribution in [3.05, 3.63) is 76.2 Å². The Labute approximate surface area is 178 Å². The first kappa shape index (κ1) is 21.8. The fraction of sp³-hybridized carbons (Fsp3) is 0.167. The molecule has 0 fully saturated rings. The topological polar surface area (TPSA) is 51.5 Å². The Kier molecular flexibility index (Phi) is 6.21. The van der Waals surface area contributed by atoms with E-state index in [4.69, 9.17) is 11.2 Å². The molecule has 0 atom stereocenters. The third-order valence-corrected chi connectivity index (χ3v) is 4.84. The van der Waals surface area contributed by atoms with Gasteiger partial charge in [-0.05, 0) is 48.7 Å². The molecule has 0 unspecified atom stereocenters. The number of hydrogen-bond donors (Lipinski definition) is 0. The third-order valence-electron chi connectivity index (χ3n) is 4.84. The van der Waals surface area contributed by atoms with Crippen molar-refractivity contribution in [2.75, 3.05) is 11.9 Å². The molecule has 0 spiro atoms. The van der Waals surface area contributed by atoms with E-state index in [9.17, 15) is 18.4 Å². The molecule has 3 aromatic rings. The molecule has 0 saturated heterocycles. The van der Waals surface area contributed by atoms with Gasteiger partial charge in [0.2, 0.25) is 0 Å². The van der Waals surface area contributed by atoms with E-state index in [2.05, 4.69) is 0 Å². The second-order valence-electron chi connectivity index (χ2n) is 6.89. The highest BCUT2D eigenvalue weighted by molar-refractivity contribution is 6.05. The number of nitrogens with zero attached hydrogens (tertiary/aromatic N) is 2. The third kappa shape index (κ3) is 4.48. The number of halogens is 2. The van der Waals surface area contributed by atoms with Crippen molar-refractivity contribution in [3.63, 3.8) is 0 Å². The van der Waals surface area contributed by atoms with E-state index in [1.54, 1.807) is 37.5 Å². The molecule has 0 saturated carbocycles. The van der Waals surface area contributed by atoms with Crippen LogP contribution in [0.4, 0.5) is 14.5 Å². The van der Waals surface area contributed by atoms with Gasteiger partial charge in [-0.3, -0.25) is 9.59 Å². The van der Waals surface area contributed by atoms with E-state index in [0.717, 1.165) is 12.1 Å². The van der Waals surface area contributed by atoms with Crippen LogP contribution in [-0.4, -0.2) is 17.5 Å². The average Bonchev–Trinajstić information content (AvgIpc) is 2.76. The normalized spacial score (nSPS) is 10.5. The Hall–Kier alpha value is -3.92. The minimum atomic E-state index is -0.857. The van der Waals surface area contributed by atoms with E-state index in [-0.39, 0.29) is 17.1 Å². The number of amides is 1. The molecule has 158 valence electrons. The van der Waals surface area contributed by atoms with Crippen LogP contribution in [0.2, 0.25) is 0 Å². The molecule has 0 aliphatic rings. The quantitative estimate of drug-likeness (QED) is 0.577. The number of anilines is 1. The molecular weight excluding hydrogens is 402 g/mol. The van der Waals surface area contributed by atoms with E-state index in [0.29, 0.717) is 28.8 Å². The zero-order valence-corrected chi connectivity index (χ0v) is 17.3. The summed E-state index contributed by atoms with van der Waals surface area (Å²) in [5.74, 6) is 0.0259. The summed E-state index contributed by atoms with van der Waals surface area (Å²) in [6.07, 6.45) is 7.35. The molecule has 0 radical (unpaired) electrons. The molecule has 1 heterocycles. The highest BCUT2D eigenvalue weighted by atomic mass is 19.1. The van der Waals surface area contributed by atoms with Gasteiger partial charge in [0, 0.05) is 48.7 Å². The molecule has 0 aliphatic carbocycles. The summed E-state index contributed by atoms with van der Waals surface area (Å²) in [7, 11) is 3.16. The Morgan fingerprint density at radius 2 is 1.87 bits per heavy atom. The summed E-state index contributed by atoms with van der Waals surface area (Å²) in [6.45, 7) is 1.86. The van der Waals surface area contributed by atoms with Gasteiger partial charge in [0.15, 0.2) is 11.6 Å². The maximum Gasteiger partial charge on any atom is 0.302 e. The zero-order valence-electron chi connectivity index (χ0n) is 17.3. The van der Waals surface area contributed by atoms with Crippen LogP contribution in [-0.2, 0) is 18.3 Å². The van der Waals surface area contributed by atoms with Crippen molar-refractivity contribution in [2.24, 2.45) is 7.05 Å². The molecule has 0 bridgehead atoms. The number of terminal acetylenes is 1. The Bertz CT molecular complexity index is 1260. The first-order valence-electron chi connectivity index (χ1n) is 9.46. The number of carbonyl (C=O) groups excluding carboxylic acids is 1. The summed E-state index contributed by atoms with van der Waals surface area (Å²) >= 11 is 0. The maximum absolute atomic E-state index is 14.2. The number of carbonyl (C=O) groups is 1. The molecule has 3 rings (SSSR count). The Morgan fingerprint density at radius 1 is 1.16 bits per heavy atom. The standard InChI is InChI=1S/C24H20F2N2O3/c1-5-15-11-16(14-27(3)24(15)30)19-13-18(28(4)23(29)6-2)8-10-21(19)31-22-9-7-17(25)12-20(22)26/h2,7-14H,5H2,1,3-4H3. The Morgan fingerprint density at radius 3 is 2.52 bits per heavy atom. The molecule has 1 amide bonds. The van der Waals surface area contributed by atoms with Gasteiger partial charge in [-0.25, -0.2) is 8.78 Å². The lowest BCUT2D eigenvalue weighted by molar-refractivity contribution is -0.113. The largest absolute Gasteiger partial charge is 0.454 e. The minimum absolute atomic E-state index is 0.130.